The van der Waals surface area contributed by atoms with Crippen LogP contribution in [0.25, 0.3) is 0 Å². The minimum atomic E-state index is -2.76. The molecule has 0 aromatic heterocycles. The number of carbonyl (C=O) groups is 2. The molecule has 0 saturated heterocycles. The van der Waals surface area contributed by atoms with Crippen molar-refractivity contribution in [2.45, 2.75) is 195 Å². The first kappa shape index (κ1) is 120. The van der Waals surface area contributed by atoms with E-state index in [2.05, 4.69) is 90.2 Å². The van der Waals surface area contributed by atoms with Gasteiger partial charge in [-0.2, -0.15) is 5.26 Å². The van der Waals surface area contributed by atoms with Crippen molar-refractivity contribution < 1.29 is 157 Å². The summed E-state index contributed by atoms with van der Waals surface area (Å²) in [5, 5.41) is 54.4. The van der Waals surface area contributed by atoms with Crippen LogP contribution in [0.5, 0.6) is 74.7 Å². The molecule has 5 aliphatic carbocycles. The summed E-state index contributed by atoms with van der Waals surface area (Å²) in [6.07, 6.45) is 3.31. The number of benzene rings is 10. The molecule has 0 spiro atoms. The number of phenolic OH excluding ortho intramolecular Hbond substituents is 4. The summed E-state index contributed by atoms with van der Waals surface area (Å²) in [7, 11) is 6.03. The third-order valence-electron chi connectivity index (χ3n) is 27.7. The first-order valence-corrected chi connectivity index (χ1v) is 51.4. The number of halogens is 12. The first-order valence-electron chi connectivity index (χ1n) is 48.3. The Morgan fingerprint density at radius 1 is 0.396 bits per heavy atom. The van der Waals surface area contributed by atoms with Gasteiger partial charge in [0.25, 0.3) is 0 Å². The van der Waals surface area contributed by atoms with Crippen molar-refractivity contribution >= 4 is 107 Å². The molecule has 149 heavy (non-hydrogen) atoms. The van der Waals surface area contributed by atoms with Crippen LogP contribution in [0.4, 0.5) is 26.3 Å². The maximum absolute atomic E-state index is 14.5. The molecule has 10 aliphatic rings. The number of ketones is 2. The summed E-state index contributed by atoms with van der Waals surface area (Å²) in [5.41, 5.74) is 10.9. The SMILES string of the molecule is C=CB(OCCCC)OCCCC.COCOc1ccc([C@H]2Oc3c(Br)cc(OCOC)cc3[C@H]3CC(=O)C[C@H]32)cc1.COCOc1ccc([C@H]2Oc3c(Br)cc(OCOC)cc3[C@H]3CC(F)(F)C[C@H]32)cc1.Cc1ccc([C@H]2Oc3c(C#N)cc(C)cc3[C@H]3CC(F)(F)C[C@H]32)cc1.Cl.Cl.O=C1C[C@@H]2[C@H](C1)c1cc(O)cc(Br)c1O[C@@H]2c1ccc(O)cc1.Oc1ccc([C@H]2Oc3c(Br)cc(O)cc3[C@H]3CC(F)(F)C[C@H]32)cc1.[C-]#N.[Na+]. The number of hydrogen-bond donors (Lipinski definition) is 4. The summed E-state index contributed by atoms with van der Waals surface area (Å²) in [6, 6.07) is 55.8. The number of hydrogen-bond acceptors (Lipinski definition) is 23. The van der Waals surface area contributed by atoms with E-state index in [0.717, 1.165) is 116 Å². The monoisotopic (exact) mass is 2360 g/mol. The number of carbonyl (C=O) groups excluding carboxylic acids is 2. The van der Waals surface area contributed by atoms with Gasteiger partial charge < -0.3 is 103 Å². The van der Waals surface area contributed by atoms with Gasteiger partial charge in [-0.3, -0.25) is 9.59 Å². The van der Waals surface area contributed by atoms with Crippen LogP contribution in [0.2, 0.25) is 0 Å². The Bertz CT molecular complexity index is 6250. The van der Waals surface area contributed by atoms with Crippen LogP contribution < -0.4 is 72.2 Å². The van der Waals surface area contributed by atoms with Crippen LogP contribution in [0.1, 0.15) is 236 Å². The molecule has 0 bridgehead atoms. The number of nitriles is 1. The normalized spacial score (nSPS) is 22.9. The third-order valence-corrected chi connectivity index (χ3v) is 30.1. The Morgan fingerprint density at radius 3 is 1.03 bits per heavy atom. The summed E-state index contributed by atoms with van der Waals surface area (Å²) in [4.78, 5) is 24.4. The molecule has 5 heterocycles. The third kappa shape index (κ3) is 29.4. The van der Waals surface area contributed by atoms with E-state index in [4.69, 9.17) is 82.7 Å². The zero-order chi connectivity index (χ0) is 105. The van der Waals surface area contributed by atoms with E-state index in [1.165, 1.54) is 31.4 Å². The van der Waals surface area contributed by atoms with Gasteiger partial charge in [0.15, 0.2) is 27.2 Å². The van der Waals surface area contributed by atoms with Crippen LogP contribution in [0.15, 0.2) is 212 Å². The zero-order valence-electron chi connectivity index (χ0n) is 83.7. The van der Waals surface area contributed by atoms with Crippen molar-refractivity contribution in [1.29, 1.82) is 10.5 Å². The largest absolute Gasteiger partial charge is 1.00 e. The fourth-order valence-corrected chi connectivity index (χ4v) is 23.5. The molecule has 4 N–H and O–H groups in total. The molecule has 5 aliphatic heterocycles. The van der Waals surface area contributed by atoms with E-state index in [1.54, 1.807) is 94.0 Å². The second-order valence-electron chi connectivity index (χ2n) is 37.9. The molecule has 5 saturated carbocycles. The van der Waals surface area contributed by atoms with E-state index < -0.39 is 36.1 Å². The zero-order valence-corrected chi connectivity index (χ0v) is 93.7. The number of unbranched alkanes of at least 4 members (excludes halogenated alkanes) is 2. The average Bonchev–Trinajstić information content (AvgIpc) is 1.71. The van der Waals surface area contributed by atoms with Crippen LogP contribution >= 0.6 is 88.5 Å². The second-order valence-corrected chi connectivity index (χ2v) is 41.3. The van der Waals surface area contributed by atoms with Crippen molar-refractivity contribution in [3.63, 3.8) is 0 Å². The number of rotatable bonds is 26. The molecule has 0 unspecified atom stereocenters. The van der Waals surface area contributed by atoms with Gasteiger partial charge in [-0.05, 0) is 232 Å². The molecular weight excluding hydrogens is 2250 g/mol. The molecule has 5 fully saturated rings. The fraction of sp³-hybridized carbons (Fsp3) is 0.411. The number of alkyl halides is 6. The number of aromatic hydroxyl groups is 4. The molecule has 37 heteroatoms. The van der Waals surface area contributed by atoms with Gasteiger partial charge in [0, 0.05) is 187 Å². The minimum absolute atomic E-state index is 0. The first-order chi connectivity index (χ1) is 70.1. The van der Waals surface area contributed by atoms with Gasteiger partial charge in [-0.25, -0.2) is 26.3 Å². The smallest absolute Gasteiger partial charge is 0.512 e. The molecule has 23 nitrogen and oxygen atoms in total. The predicted octanol–water partition coefficient (Wildman–Crippen LogP) is 25.7. The Kier molecular flexibility index (Phi) is 43.7. The van der Waals surface area contributed by atoms with Crippen molar-refractivity contribution in [3.05, 3.63) is 291 Å². The standard InChI is InChI=1S/C22H23BrF2O5.C22H23BrO6.C21H19F2NO.C18H15BrF2O3.C18H15BrO4.C10H21BO2.CN.2ClH.Na/c1-26-11-28-14-5-3-13(4-6-14)20-18-10-22(24,25)9-17(18)16-7-15(29-12-27-2)8-19(23)21(16)30-20;1-25-11-27-15-5-3-13(4-6-15)21-18-8-14(24)7-17(18)19-9-16(28-12-26-2)10-20(23)22(19)29-21;1-12-3-5-14(6-4-12)19-18-10-21(22,23)9-17(18)16-8-13(2)7-15(11-24)20(16)25-19;19-15-6-11(23)5-12-13-7-18(20,21)8-14(13)16(24-17(12)15)9-1-3-10(22)4-2-9;19-16-8-12(22)7-15-13-5-11(21)6-14(13)17(23-18(15)16)9-1-3-10(20)4-2-9;1-4-7-9-12-11(6-3)13-10-8-5-2;1-2;;;/h3-8,17-18,20H,9-12H2,1-2H3;3-6,9-10,17-18,21H,7-8,11-12H2,1-2H3;3-8,17-19H,9-10H2,1-2H3;1-6,13-14,16,22-23H,7-8H2;1-4,7-8,13-14,17,20,22H,5-6H2;6H,3-5,7-10H2,1-2H3;;2*1H;/q;;;;;;-1;;;+1/t17-,18-,20-;17-,18+,21+;17-,18-,19-;13-,14-,16-;13-,14+,17+;;;;;/m10110...../s1. The summed E-state index contributed by atoms with van der Waals surface area (Å²) in [6.45, 7) is 18.7. The van der Waals surface area contributed by atoms with Crippen molar-refractivity contribution in [3.8, 4) is 80.8 Å². The van der Waals surface area contributed by atoms with E-state index in [1.807, 2.05) is 105 Å². The van der Waals surface area contributed by atoms with E-state index in [-0.39, 0.29) is 233 Å². The van der Waals surface area contributed by atoms with Crippen molar-refractivity contribution in [2.24, 2.45) is 29.6 Å². The molecule has 790 valence electrons. The Labute approximate surface area is 932 Å². The van der Waals surface area contributed by atoms with Gasteiger partial charge in [-0.1, -0.05) is 117 Å². The van der Waals surface area contributed by atoms with Gasteiger partial charge in [-0.15, -0.1) is 31.4 Å². The van der Waals surface area contributed by atoms with Gasteiger partial charge >= 0.3 is 36.7 Å². The molecule has 20 rings (SSSR count). The Hall–Kier alpha value is -9.44. The van der Waals surface area contributed by atoms with Crippen LogP contribution in [0, 0.1) is 66.6 Å². The van der Waals surface area contributed by atoms with Crippen LogP contribution in [0.3, 0.4) is 0 Å². The predicted molar refractivity (Wildman–Crippen MR) is 562 cm³/mol. The average molecular weight is 2370 g/mol. The minimum Gasteiger partial charge on any atom is -0.512 e. The van der Waals surface area contributed by atoms with Crippen molar-refractivity contribution in [2.75, 3.05) is 68.8 Å². The molecule has 0 radical (unpaired) electrons. The Balaban J connectivity index is 0.000000171. The maximum atomic E-state index is 14.5. The maximum Gasteiger partial charge on any atom is 1.00 e. The number of methoxy groups -OCH3 is 4. The quantitative estimate of drug-likeness (QED) is 0.0129. The van der Waals surface area contributed by atoms with Crippen LogP contribution in [-0.4, -0.2) is 126 Å². The molecule has 15 atom stereocenters. The number of nitrogens with zero attached hydrogens (tertiary/aromatic N) is 2. The number of fused-ring (bicyclic) bond motifs is 15. The summed E-state index contributed by atoms with van der Waals surface area (Å²) < 4.78 is 172. The fourth-order valence-electron chi connectivity index (χ4n) is 21.2. The number of ether oxygens (including phenoxy) is 13. The van der Waals surface area contributed by atoms with Crippen molar-refractivity contribution in [1.82, 2.24) is 0 Å². The number of aryl methyl sites for hydroxylation is 2. The van der Waals surface area contributed by atoms with E-state index in [9.17, 15) is 61.6 Å². The molecule has 10 aromatic carbocycles. The second kappa shape index (κ2) is 54.4. The van der Waals surface area contributed by atoms with Gasteiger partial charge in [0.05, 0.1) is 23.5 Å². The van der Waals surface area contributed by atoms with Gasteiger partial charge in [0.1, 0.15) is 123 Å². The molecule has 0 amide bonds. The number of phenols is 4. The van der Waals surface area contributed by atoms with Gasteiger partial charge in [0.2, 0.25) is 17.8 Å². The summed E-state index contributed by atoms with van der Waals surface area (Å²) >= 11 is 13.9. The Morgan fingerprint density at radius 2 is 0.691 bits per heavy atom. The molecular formula is C112H118BBr4Cl2F6N2NaO21. The van der Waals surface area contributed by atoms with Crippen LogP contribution in [-0.2, 0) is 37.8 Å². The summed E-state index contributed by atoms with van der Waals surface area (Å²) in [5.74, 6) is -1.53. The number of Topliss-reactive ketones (excluding diaryl/α,β-unsaturated/α-hetero) is 2. The topological polar surface area (TPSA) is 301 Å². The van der Waals surface area contributed by atoms with E-state index >= 15 is 0 Å². The molecule has 10 aromatic rings. The van der Waals surface area contributed by atoms with E-state index in [0.29, 0.717) is 90.5 Å².